The van der Waals surface area contributed by atoms with Crippen LogP contribution in [0.5, 0.6) is 0 Å². The van der Waals surface area contributed by atoms with E-state index in [-0.39, 0.29) is 103 Å². The maximum Gasteiger partial charge on any atom is 0.306 e. The van der Waals surface area contributed by atoms with Gasteiger partial charge in [0.05, 0.1) is 30.8 Å². The standard InChI is InChI=1S/C39H61NO10/c1-8-24-10-9-11-32(50-34-15-14-31(40)21(3)46-34)20(2)35(42)30-18-28-26(29(30)19-33(41)48-24)13-12-23-16-25(17-27(23)28)49-39-38(45-7)37(44-6)36(43-5)22(4)47-39/h12-13,18,20-29,31-32,34,36-39H,8-11,14-17,19,40H2,1-7H3/t20-,21-,22+,23-,24+,25-,26-,27-,28-,29+,31-,32+,34+,36+,37-,38-,39+/m1/s1. The molecule has 6 rings (SSSR count). The molecule has 0 aromatic heterocycles. The average Bonchev–Trinajstić information content (AvgIpc) is 3.68. The third-order valence-corrected chi connectivity index (χ3v) is 12.7. The Morgan fingerprint density at radius 2 is 1.60 bits per heavy atom. The molecule has 2 N–H and O–H groups in total. The summed E-state index contributed by atoms with van der Waals surface area (Å²) in [5.41, 5.74) is 6.96. The van der Waals surface area contributed by atoms with Crippen LogP contribution in [0.3, 0.4) is 0 Å². The van der Waals surface area contributed by atoms with Crippen molar-refractivity contribution in [1.82, 2.24) is 0 Å². The number of esters is 1. The summed E-state index contributed by atoms with van der Waals surface area (Å²) in [6, 6.07) is -0.0131. The second-order valence-corrected chi connectivity index (χ2v) is 15.6. The van der Waals surface area contributed by atoms with Crippen molar-refractivity contribution < 1.29 is 47.5 Å². The van der Waals surface area contributed by atoms with Gasteiger partial charge in [0.2, 0.25) is 0 Å². The summed E-state index contributed by atoms with van der Waals surface area (Å²) >= 11 is 0. The van der Waals surface area contributed by atoms with Gasteiger partial charge >= 0.3 is 5.97 Å². The Morgan fingerprint density at radius 3 is 2.30 bits per heavy atom. The Kier molecular flexibility index (Phi) is 12.6. The first kappa shape index (κ1) is 38.0. The summed E-state index contributed by atoms with van der Waals surface area (Å²) in [6.07, 6.45) is 10.2. The highest BCUT2D eigenvalue weighted by Gasteiger charge is 2.52. The van der Waals surface area contributed by atoms with E-state index in [0.29, 0.717) is 18.8 Å². The Balaban J connectivity index is 1.21. The second-order valence-electron chi connectivity index (χ2n) is 15.6. The van der Waals surface area contributed by atoms with Crippen LogP contribution in [0.25, 0.3) is 0 Å². The normalized spacial score (nSPS) is 47.0. The number of carbonyl (C=O) groups excluding carboxylic acids is 2. The SMILES string of the molecule is CC[C@H]1CCC[C@H](O[C@H]2CC[C@@H](N)[C@@H](C)O2)[C@@H](C)C(=O)C2=C[C@@H]3[C@@H](C=C[C@@H]4C[C@@H](O[C@@H]5O[C@@H](C)[C@H](OC)[C@@H](OC)[C@H]5OC)C[C@@H]34)[C@@H]2CC(=O)O1. The van der Waals surface area contributed by atoms with E-state index in [0.717, 1.165) is 44.1 Å². The van der Waals surface area contributed by atoms with Gasteiger partial charge in [0.1, 0.15) is 24.4 Å². The van der Waals surface area contributed by atoms with E-state index < -0.39 is 12.4 Å². The van der Waals surface area contributed by atoms with Crippen molar-refractivity contribution in [1.29, 1.82) is 0 Å². The molecule has 1 saturated carbocycles. The van der Waals surface area contributed by atoms with Crippen LogP contribution in [0.2, 0.25) is 0 Å². The monoisotopic (exact) mass is 703 g/mol. The Labute approximate surface area is 298 Å². The van der Waals surface area contributed by atoms with Gasteiger partial charge in [0.25, 0.3) is 0 Å². The number of allylic oxidation sites excluding steroid dienone is 4. The zero-order chi connectivity index (χ0) is 35.7. The highest BCUT2D eigenvalue weighted by Crippen LogP contribution is 2.54. The molecule has 11 heteroatoms. The average molecular weight is 704 g/mol. The second kappa shape index (κ2) is 16.5. The molecule has 0 unspecified atom stereocenters. The van der Waals surface area contributed by atoms with Gasteiger partial charge < -0.3 is 43.6 Å². The minimum Gasteiger partial charge on any atom is -0.462 e. The lowest BCUT2D eigenvalue weighted by atomic mass is 9.70. The number of hydrogen-bond acceptors (Lipinski definition) is 11. The number of ketones is 1. The highest BCUT2D eigenvalue weighted by atomic mass is 16.7. The molecule has 3 aliphatic heterocycles. The topological polar surface area (TPSA) is 134 Å². The summed E-state index contributed by atoms with van der Waals surface area (Å²) in [4.78, 5) is 28.0. The molecule has 0 radical (unpaired) electrons. The number of fused-ring (bicyclic) bond motifs is 5. The molecule has 17 atom stereocenters. The highest BCUT2D eigenvalue weighted by molar-refractivity contribution is 5.99. The number of hydrogen-bond donors (Lipinski definition) is 1. The van der Waals surface area contributed by atoms with Gasteiger partial charge in [-0.15, -0.1) is 0 Å². The molecule has 50 heavy (non-hydrogen) atoms. The number of ether oxygens (including phenoxy) is 8. The van der Waals surface area contributed by atoms with Gasteiger partial charge in [-0.25, -0.2) is 0 Å². The lowest BCUT2D eigenvalue weighted by molar-refractivity contribution is -0.314. The molecule has 0 spiro atoms. The maximum atomic E-state index is 14.5. The third kappa shape index (κ3) is 7.81. The van der Waals surface area contributed by atoms with Crippen molar-refractivity contribution in [3.63, 3.8) is 0 Å². The number of rotatable bonds is 8. The Morgan fingerprint density at radius 1 is 0.840 bits per heavy atom. The van der Waals surface area contributed by atoms with Crippen molar-refractivity contribution in [2.24, 2.45) is 41.2 Å². The Hall–Kier alpha value is -1.70. The number of cyclic esters (lactones) is 1. The van der Waals surface area contributed by atoms with Crippen LogP contribution in [0, 0.1) is 35.5 Å². The van der Waals surface area contributed by atoms with Crippen molar-refractivity contribution >= 4 is 11.8 Å². The maximum absolute atomic E-state index is 14.5. The van der Waals surface area contributed by atoms with E-state index in [9.17, 15) is 9.59 Å². The molecule has 0 aromatic carbocycles. The lowest BCUT2D eigenvalue weighted by Gasteiger charge is -2.44. The Bertz CT molecular complexity index is 1240. The van der Waals surface area contributed by atoms with Gasteiger partial charge in [0, 0.05) is 39.2 Å². The fourth-order valence-corrected chi connectivity index (χ4v) is 9.75. The molecule has 3 saturated heterocycles. The molecule has 11 nitrogen and oxygen atoms in total. The molecule has 3 heterocycles. The third-order valence-electron chi connectivity index (χ3n) is 12.7. The van der Waals surface area contributed by atoms with Crippen molar-refractivity contribution in [2.75, 3.05) is 21.3 Å². The van der Waals surface area contributed by atoms with Crippen molar-refractivity contribution in [3.05, 3.63) is 23.8 Å². The number of methoxy groups -OCH3 is 3. The molecule has 4 fully saturated rings. The zero-order valence-corrected chi connectivity index (χ0v) is 31.1. The summed E-state index contributed by atoms with van der Waals surface area (Å²) in [5.74, 6) is -0.0500. The van der Waals surface area contributed by atoms with Gasteiger partial charge in [-0.1, -0.05) is 32.1 Å². The van der Waals surface area contributed by atoms with E-state index in [1.165, 1.54) is 0 Å². The smallest absolute Gasteiger partial charge is 0.306 e. The van der Waals surface area contributed by atoms with Crippen molar-refractivity contribution in [2.45, 2.75) is 153 Å². The molecule has 0 aromatic rings. The van der Waals surface area contributed by atoms with Crippen LogP contribution < -0.4 is 5.73 Å². The molecular weight excluding hydrogens is 642 g/mol. The number of carbonyl (C=O) groups is 2. The lowest BCUT2D eigenvalue weighted by Crippen LogP contribution is -2.59. The minimum absolute atomic E-state index is 0.0131. The van der Waals surface area contributed by atoms with Gasteiger partial charge in [-0.05, 0) is 94.5 Å². The number of Topliss-reactive ketones (excluding diaryl/α,β-unsaturated/α-hetero) is 1. The van der Waals surface area contributed by atoms with Crippen LogP contribution in [0.15, 0.2) is 23.8 Å². The predicted molar refractivity (Wildman–Crippen MR) is 185 cm³/mol. The van der Waals surface area contributed by atoms with Crippen LogP contribution in [0.4, 0.5) is 0 Å². The van der Waals surface area contributed by atoms with E-state index in [4.69, 9.17) is 43.6 Å². The van der Waals surface area contributed by atoms with Crippen LogP contribution >= 0.6 is 0 Å². The summed E-state index contributed by atoms with van der Waals surface area (Å²) in [7, 11) is 4.96. The molecular formula is C39H61NO10. The predicted octanol–water partition coefficient (Wildman–Crippen LogP) is 4.88. The molecule has 3 aliphatic carbocycles. The van der Waals surface area contributed by atoms with Gasteiger partial charge in [-0.2, -0.15) is 0 Å². The van der Waals surface area contributed by atoms with Crippen LogP contribution in [-0.4, -0.2) is 101 Å². The zero-order valence-electron chi connectivity index (χ0n) is 31.1. The largest absolute Gasteiger partial charge is 0.462 e. The summed E-state index contributed by atoms with van der Waals surface area (Å²) < 4.78 is 49.1. The first-order valence-corrected chi connectivity index (χ1v) is 19.2. The fraction of sp³-hybridized carbons (Fsp3) is 0.846. The summed E-state index contributed by atoms with van der Waals surface area (Å²) in [5, 5.41) is 0. The molecule has 282 valence electrons. The van der Waals surface area contributed by atoms with E-state index >= 15 is 0 Å². The fourth-order valence-electron chi connectivity index (χ4n) is 9.75. The van der Waals surface area contributed by atoms with Crippen LogP contribution in [0.1, 0.15) is 85.5 Å². The van der Waals surface area contributed by atoms with E-state index in [1.54, 1.807) is 21.3 Å². The quantitative estimate of drug-likeness (QED) is 0.274. The minimum atomic E-state index is -0.597. The molecule has 6 aliphatic rings. The van der Waals surface area contributed by atoms with Crippen LogP contribution in [-0.2, 0) is 47.5 Å². The van der Waals surface area contributed by atoms with Gasteiger partial charge in [-0.3, -0.25) is 9.59 Å². The first-order valence-electron chi connectivity index (χ1n) is 19.2. The summed E-state index contributed by atoms with van der Waals surface area (Å²) in [6.45, 7) is 8.00. The van der Waals surface area contributed by atoms with E-state index in [1.807, 2.05) is 20.8 Å². The van der Waals surface area contributed by atoms with E-state index in [2.05, 4.69) is 25.2 Å². The number of nitrogens with two attached hydrogens (primary N) is 1. The molecule has 0 amide bonds. The molecule has 0 bridgehead atoms. The van der Waals surface area contributed by atoms with Gasteiger partial charge in [0.15, 0.2) is 18.4 Å². The first-order chi connectivity index (χ1) is 24.1. The van der Waals surface area contributed by atoms with Crippen molar-refractivity contribution in [3.8, 4) is 0 Å².